The highest BCUT2D eigenvalue weighted by molar-refractivity contribution is 14.1. The monoisotopic (exact) mass is 477 g/mol. The van der Waals surface area contributed by atoms with Crippen molar-refractivity contribution >= 4 is 45.5 Å². The average molecular weight is 477 g/mol. The number of carboxylic acids is 1. The number of aliphatic carboxylic acids is 1. The van der Waals surface area contributed by atoms with E-state index in [2.05, 4.69) is 15.0 Å². The molecule has 2 saturated heterocycles. The number of hydrogen-bond donors (Lipinski definition) is 3. The maximum absolute atomic E-state index is 11.2. The highest BCUT2D eigenvalue weighted by atomic mass is 127. The third-order valence-corrected chi connectivity index (χ3v) is 4.81. The van der Waals surface area contributed by atoms with Crippen LogP contribution >= 0.6 is 22.6 Å². The van der Waals surface area contributed by atoms with Gasteiger partial charge >= 0.3 is 5.97 Å². The first kappa shape index (κ1) is 17.8. The van der Waals surface area contributed by atoms with Gasteiger partial charge in [-0.1, -0.05) is 0 Å². The number of nitrogen functional groups attached to an aromatic ring is 1. The third kappa shape index (κ3) is 2.72. The van der Waals surface area contributed by atoms with E-state index in [1.54, 1.807) is 18.4 Å². The fourth-order valence-electron chi connectivity index (χ4n) is 3.32. The minimum Gasteiger partial charge on any atom is -0.479 e. The van der Waals surface area contributed by atoms with Gasteiger partial charge in [-0.3, -0.25) is 4.57 Å². The molecule has 140 valence electrons. The zero-order valence-corrected chi connectivity index (χ0v) is 15.9. The van der Waals surface area contributed by atoms with E-state index in [0.29, 0.717) is 15.0 Å². The van der Waals surface area contributed by atoms with Gasteiger partial charge in [0.2, 0.25) is 0 Å². The van der Waals surface area contributed by atoms with Crippen LogP contribution in [-0.4, -0.2) is 65.9 Å². The highest BCUT2D eigenvalue weighted by Crippen LogP contribution is 2.44. The van der Waals surface area contributed by atoms with Crippen LogP contribution in [0.4, 0.5) is 5.82 Å². The van der Waals surface area contributed by atoms with E-state index in [0.717, 1.165) is 0 Å². The second-order valence-electron chi connectivity index (χ2n) is 6.54. The van der Waals surface area contributed by atoms with Gasteiger partial charge < -0.3 is 30.2 Å². The molecule has 26 heavy (non-hydrogen) atoms. The Kier molecular flexibility index (Phi) is 4.07. The molecule has 0 amide bonds. The molecule has 0 spiro atoms. The molecule has 1 unspecified atom stereocenters. The zero-order chi connectivity index (χ0) is 18.8. The Bertz CT molecular complexity index is 888. The van der Waals surface area contributed by atoms with Crippen molar-refractivity contribution < 1.29 is 29.2 Å². The van der Waals surface area contributed by atoms with Crippen molar-refractivity contribution in [3.63, 3.8) is 0 Å². The van der Waals surface area contributed by atoms with Crippen LogP contribution in [0.3, 0.4) is 0 Å². The van der Waals surface area contributed by atoms with Crippen LogP contribution in [-0.2, 0) is 19.0 Å². The summed E-state index contributed by atoms with van der Waals surface area (Å²) in [6.45, 7) is 3.42. The Labute approximate surface area is 160 Å². The van der Waals surface area contributed by atoms with Crippen molar-refractivity contribution in [2.24, 2.45) is 0 Å². The van der Waals surface area contributed by atoms with Gasteiger partial charge in [0.1, 0.15) is 23.8 Å². The molecule has 0 saturated carbocycles. The fraction of sp³-hybridized carbons (Fsp3) is 0.571. The molecule has 4 N–H and O–H groups in total. The lowest BCUT2D eigenvalue weighted by Crippen LogP contribution is -2.42. The Balaban J connectivity index is 1.78. The first-order valence-corrected chi connectivity index (χ1v) is 8.83. The third-order valence-electron chi connectivity index (χ3n) is 4.32. The molecule has 4 rings (SSSR count). The smallest absolute Gasteiger partial charge is 0.335 e. The summed E-state index contributed by atoms with van der Waals surface area (Å²) in [6.07, 6.45) is -3.62. The number of aromatic nitrogens is 4. The SMILES string of the molecule is CC1(C)O[C@@H]2[C@H](O1)[C@@H](C(O)C(=O)O)O[C@H]2n1cnc2c(N)nc(I)nc21. The molecule has 0 aromatic carbocycles. The number of aliphatic hydroxyl groups is 1. The number of nitrogens with two attached hydrogens (primary N) is 1. The summed E-state index contributed by atoms with van der Waals surface area (Å²) in [4.78, 5) is 23.9. The van der Waals surface area contributed by atoms with E-state index in [-0.39, 0.29) is 5.82 Å². The Morgan fingerprint density at radius 3 is 2.77 bits per heavy atom. The molecule has 2 aliphatic rings. The van der Waals surface area contributed by atoms with Gasteiger partial charge in [-0.2, -0.15) is 0 Å². The van der Waals surface area contributed by atoms with Crippen molar-refractivity contribution in [3.05, 3.63) is 10.2 Å². The van der Waals surface area contributed by atoms with Gasteiger partial charge in [0, 0.05) is 22.6 Å². The highest BCUT2D eigenvalue weighted by Gasteiger charge is 2.59. The largest absolute Gasteiger partial charge is 0.479 e. The molecule has 11 nitrogen and oxygen atoms in total. The molecule has 2 aromatic heterocycles. The minimum atomic E-state index is -1.76. The van der Waals surface area contributed by atoms with Crippen LogP contribution < -0.4 is 5.73 Å². The van der Waals surface area contributed by atoms with Crippen LogP contribution in [0.15, 0.2) is 6.33 Å². The number of ether oxygens (including phenoxy) is 3. The lowest BCUT2D eigenvalue weighted by Gasteiger charge is -2.25. The number of hydrogen-bond acceptors (Lipinski definition) is 9. The second kappa shape index (κ2) is 5.95. The van der Waals surface area contributed by atoms with Crippen LogP contribution in [0.5, 0.6) is 0 Å². The van der Waals surface area contributed by atoms with Gasteiger partial charge in [0.05, 0.1) is 6.33 Å². The molecular formula is C14H16IN5O6. The molecule has 2 fully saturated rings. The molecule has 0 aliphatic carbocycles. The number of rotatable bonds is 3. The van der Waals surface area contributed by atoms with E-state index < -0.39 is 42.4 Å². The Morgan fingerprint density at radius 2 is 2.08 bits per heavy atom. The summed E-state index contributed by atoms with van der Waals surface area (Å²) in [5.41, 5.74) is 6.70. The van der Waals surface area contributed by atoms with Crippen molar-refractivity contribution in [3.8, 4) is 0 Å². The summed E-state index contributed by atoms with van der Waals surface area (Å²) >= 11 is 1.93. The lowest BCUT2D eigenvalue weighted by molar-refractivity contribution is -0.210. The molecule has 0 bridgehead atoms. The number of carbonyl (C=O) groups is 1. The molecule has 2 aromatic rings. The fourth-order valence-corrected chi connectivity index (χ4v) is 3.81. The van der Waals surface area contributed by atoms with Crippen molar-refractivity contribution in [1.29, 1.82) is 0 Å². The van der Waals surface area contributed by atoms with Gasteiger partial charge in [0.15, 0.2) is 33.4 Å². The number of fused-ring (bicyclic) bond motifs is 2. The number of halogens is 1. The van der Waals surface area contributed by atoms with Gasteiger partial charge in [-0.05, 0) is 13.8 Å². The van der Waals surface area contributed by atoms with E-state index >= 15 is 0 Å². The standard InChI is InChI=1S/C14H16IN5O6/c1-14(2)25-7-6(5(21)12(22)23)24-11(8(7)26-14)20-3-17-4-9(16)18-13(15)19-10(4)20/h3,5-8,11,21H,1-2H3,(H,22,23)(H2,16,18,19)/t5?,6-,7-,8-,11-/m1/s1. The van der Waals surface area contributed by atoms with E-state index in [4.69, 9.17) is 19.9 Å². The van der Waals surface area contributed by atoms with Crippen LogP contribution in [0.2, 0.25) is 0 Å². The summed E-state index contributed by atoms with van der Waals surface area (Å²) in [5, 5.41) is 19.2. The topological polar surface area (TPSA) is 155 Å². The van der Waals surface area contributed by atoms with E-state index in [1.165, 1.54) is 6.33 Å². The maximum atomic E-state index is 11.2. The maximum Gasteiger partial charge on any atom is 0.335 e. The van der Waals surface area contributed by atoms with E-state index in [9.17, 15) is 15.0 Å². The summed E-state index contributed by atoms with van der Waals surface area (Å²) < 4.78 is 19.5. The number of aliphatic hydroxyl groups excluding tert-OH is 1. The Hall–Kier alpha value is -1.61. The average Bonchev–Trinajstić information content (AvgIpc) is 3.17. The summed E-state index contributed by atoms with van der Waals surface area (Å²) in [7, 11) is 0. The summed E-state index contributed by atoms with van der Waals surface area (Å²) in [6, 6.07) is 0. The van der Waals surface area contributed by atoms with Crippen molar-refractivity contribution in [1.82, 2.24) is 19.5 Å². The number of anilines is 1. The van der Waals surface area contributed by atoms with Gasteiger partial charge in [0.25, 0.3) is 0 Å². The Morgan fingerprint density at radius 1 is 1.38 bits per heavy atom. The molecule has 2 aliphatic heterocycles. The van der Waals surface area contributed by atoms with Crippen LogP contribution in [0, 0.1) is 3.83 Å². The van der Waals surface area contributed by atoms with Crippen molar-refractivity contribution in [2.75, 3.05) is 5.73 Å². The number of nitrogens with zero attached hydrogens (tertiary/aromatic N) is 4. The lowest BCUT2D eigenvalue weighted by atomic mass is 10.1. The second-order valence-corrected chi connectivity index (χ2v) is 7.51. The van der Waals surface area contributed by atoms with E-state index in [1.807, 2.05) is 22.6 Å². The van der Waals surface area contributed by atoms with Crippen molar-refractivity contribution in [2.45, 2.75) is 50.3 Å². The molecular weight excluding hydrogens is 461 g/mol. The molecule has 0 radical (unpaired) electrons. The molecule has 12 heteroatoms. The van der Waals surface area contributed by atoms with Gasteiger partial charge in [-0.25, -0.2) is 19.7 Å². The minimum absolute atomic E-state index is 0.221. The number of imidazole rings is 1. The van der Waals surface area contributed by atoms with Crippen LogP contribution in [0.1, 0.15) is 20.1 Å². The van der Waals surface area contributed by atoms with Gasteiger partial charge in [-0.15, -0.1) is 0 Å². The number of carboxylic acid groups (broad SMARTS) is 1. The molecule has 4 heterocycles. The normalized spacial score (nSPS) is 31.2. The first-order chi connectivity index (χ1) is 12.2. The van der Waals surface area contributed by atoms with Crippen LogP contribution in [0.25, 0.3) is 11.2 Å². The first-order valence-electron chi connectivity index (χ1n) is 7.75. The quantitative estimate of drug-likeness (QED) is 0.403. The summed E-state index contributed by atoms with van der Waals surface area (Å²) in [5.74, 6) is -2.13. The predicted molar refractivity (Wildman–Crippen MR) is 93.8 cm³/mol. The zero-order valence-electron chi connectivity index (χ0n) is 13.7. The predicted octanol–water partition coefficient (Wildman–Crippen LogP) is -0.124. The molecule has 5 atom stereocenters.